The summed E-state index contributed by atoms with van der Waals surface area (Å²) < 4.78 is 25.5. The van der Waals surface area contributed by atoms with Crippen LogP contribution in [0.2, 0.25) is 0 Å². The van der Waals surface area contributed by atoms with Gasteiger partial charge in [-0.05, 0) is 45.6 Å². The van der Waals surface area contributed by atoms with E-state index in [0.29, 0.717) is 30.0 Å². The average molecular weight is 365 g/mol. The zero-order valence-electron chi connectivity index (χ0n) is 13.4. The molecule has 2 amide bonds. The highest BCUT2D eigenvalue weighted by atomic mass is 32.2. The number of allylic oxidation sites excluding steroid dienone is 1. The van der Waals surface area contributed by atoms with Crippen LogP contribution in [-0.4, -0.2) is 32.0 Å². The third-order valence-electron chi connectivity index (χ3n) is 3.01. The molecule has 0 fully saturated rings. The van der Waals surface area contributed by atoms with Crippen molar-refractivity contribution in [2.24, 2.45) is 0 Å². The van der Waals surface area contributed by atoms with E-state index in [9.17, 15) is 18.0 Å². The van der Waals surface area contributed by atoms with Crippen molar-refractivity contribution >= 4 is 33.8 Å². The summed E-state index contributed by atoms with van der Waals surface area (Å²) in [5, 5.41) is -0.476. The molecular weight excluding hydrogens is 342 g/mol. The van der Waals surface area contributed by atoms with Gasteiger partial charge in [0.15, 0.2) is 0 Å². The van der Waals surface area contributed by atoms with E-state index in [-0.39, 0.29) is 12.3 Å². The molecule has 1 heterocycles. The maximum absolute atomic E-state index is 11.7. The third-order valence-corrected chi connectivity index (χ3v) is 5.76. The monoisotopic (exact) mass is 365 g/mol. The van der Waals surface area contributed by atoms with Crippen molar-refractivity contribution in [2.45, 2.75) is 45.3 Å². The van der Waals surface area contributed by atoms with Gasteiger partial charge in [-0.2, -0.15) is 4.83 Å². The highest BCUT2D eigenvalue weighted by Crippen LogP contribution is 2.19. The van der Waals surface area contributed by atoms with Crippen molar-refractivity contribution in [3.8, 4) is 0 Å². The van der Waals surface area contributed by atoms with E-state index in [1.807, 2.05) is 0 Å². The Balaban J connectivity index is 2.16. The molecule has 11 heteroatoms. The van der Waals surface area contributed by atoms with E-state index in [1.165, 1.54) is 0 Å². The maximum Gasteiger partial charge on any atom is 0.279 e. The standard InChI is InChI=1S/C12H23N5O4S2/c1-8(2)23(20,21)13-7-5-4-6-10(18)15-16-12(19)11-9(3)14-17-22-11/h8,13-14,17H,4-7H2,1-3H3,(H,15,18)(H,16,19). The SMILES string of the molecule is CC1=C(C(=O)NNC(=O)CCCCNS(=O)(=O)C(C)C)SNN1. The molecule has 0 unspecified atom stereocenters. The second kappa shape index (κ2) is 9.11. The van der Waals surface area contributed by atoms with E-state index >= 15 is 0 Å². The van der Waals surface area contributed by atoms with Crippen LogP contribution in [0.3, 0.4) is 0 Å². The van der Waals surface area contributed by atoms with Gasteiger partial charge in [0.05, 0.1) is 5.25 Å². The van der Waals surface area contributed by atoms with Gasteiger partial charge in [-0.1, -0.05) is 0 Å². The van der Waals surface area contributed by atoms with E-state index in [1.54, 1.807) is 20.8 Å². The molecule has 0 aliphatic carbocycles. The summed E-state index contributed by atoms with van der Waals surface area (Å²) in [5.41, 5.74) is 8.10. The lowest BCUT2D eigenvalue weighted by Gasteiger charge is -2.09. The highest BCUT2D eigenvalue weighted by molar-refractivity contribution is 8.02. The molecule has 0 aromatic heterocycles. The number of amides is 2. The van der Waals surface area contributed by atoms with Gasteiger partial charge in [0.25, 0.3) is 5.91 Å². The summed E-state index contributed by atoms with van der Waals surface area (Å²) in [4.78, 5) is 26.5. The molecule has 23 heavy (non-hydrogen) atoms. The summed E-state index contributed by atoms with van der Waals surface area (Å²) in [6.45, 7) is 5.23. The molecule has 1 rings (SSSR count). The molecule has 0 bridgehead atoms. The molecule has 0 saturated heterocycles. The Morgan fingerprint density at radius 3 is 2.48 bits per heavy atom. The van der Waals surface area contributed by atoms with E-state index in [4.69, 9.17) is 0 Å². The van der Waals surface area contributed by atoms with Crippen LogP contribution < -0.4 is 25.8 Å². The first-order valence-electron chi connectivity index (χ1n) is 7.20. The van der Waals surface area contributed by atoms with E-state index in [0.717, 1.165) is 11.9 Å². The first kappa shape index (κ1) is 19.7. The van der Waals surface area contributed by atoms with Crippen molar-refractivity contribution in [3.05, 3.63) is 10.6 Å². The first-order valence-corrected chi connectivity index (χ1v) is 9.56. The molecule has 132 valence electrons. The number of hydrazine groups is 2. The fourth-order valence-electron chi connectivity index (χ4n) is 1.54. The lowest BCUT2D eigenvalue weighted by atomic mass is 10.2. The molecule has 0 atom stereocenters. The number of nitrogens with one attached hydrogen (secondary N) is 5. The van der Waals surface area contributed by atoms with Gasteiger partial charge >= 0.3 is 0 Å². The van der Waals surface area contributed by atoms with Gasteiger partial charge in [0.2, 0.25) is 15.9 Å². The molecule has 0 aromatic carbocycles. The number of sulfonamides is 1. The number of hydrogen-bond donors (Lipinski definition) is 5. The van der Waals surface area contributed by atoms with Crippen molar-refractivity contribution in [3.63, 3.8) is 0 Å². The van der Waals surface area contributed by atoms with Gasteiger partial charge in [0.1, 0.15) is 4.91 Å². The van der Waals surface area contributed by atoms with E-state index in [2.05, 4.69) is 25.8 Å². The zero-order valence-corrected chi connectivity index (χ0v) is 15.0. The summed E-state index contributed by atoms with van der Waals surface area (Å²) in [5.74, 6) is -0.727. The lowest BCUT2D eigenvalue weighted by molar-refractivity contribution is -0.126. The van der Waals surface area contributed by atoms with Crippen molar-refractivity contribution in [1.82, 2.24) is 25.8 Å². The Morgan fingerprint density at radius 1 is 1.22 bits per heavy atom. The Morgan fingerprint density at radius 2 is 1.91 bits per heavy atom. The van der Waals surface area contributed by atoms with Crippen LogP contribution >= 0.6 is 11.9 Å². The summed E-state index contributed by atoms with van der Waals surface area (Å²) in [7, 11) is -3.26. The van der Waals surface area contributed by atoms with Crippen LogP contribution in [0.1, 0.15) is 40.0 Å². The number of carbonyl (C=O) groups is 2. The molecule has 9 nitrogen and oxygen atoms in total. The summed E-state index contributed by atoms with van der Waals surface area (Å²) in [6.07, 6.45) is 1.26. The number of carbonyl (C=O) groups excluding carboxylic acids is 2. The molecule has 0 aromatic rings. The van der Waals surface area contributed by atoms with Gasteiger partial charge in [-0.3, -0.25) is 20.4 Å². The normalized spacial score (nSPS) is 14.8. The second-order valence-electron chi connectivity index (χ2n) is 5.23. The smallest absolute Gasteiger partial charge is 0.279 e. The Kier molecular flexibility index (Phi) is 7.82. The second-order valence-corrected chi connectivity index (χ2v) is 8.37. The number of hydrogen-bond acceptors (Lipinski definition) is 7. The number of unbranched alkanes of at least 4 members (excludes halogenated alkanes) is 1. The van der Waals surface area contributed by atoms with E-state index < -0.39 is 21.2 Å². The average Bonchev–Trinajstić information content (AvgIpc) is 2.90. The van der Waals surface area contributed by atoms with Crippen LogP contribution in [0, 0.1) is 0 Å². The van der Waals surface area contributed by atoms with Gasteiger partial charge < -0.3 is 5.43 Å². The minimum atomic E-state index is -3.26. The van der Waals surface area contributed by atoms with Crippen molar-refractivity contribution in [2.75, 3.05) is 6.54 Å². The molecule has 5 N–H and O–H groups in total. The van der Waals surface area contributed by atoms with Crippen molar-refractivity contribution in [1.29, 1.82) is 0 Å². The van der Waals surface area contributed by atoms with Crippen LogP contribution in [0.5, 0.6) is 0 Å². The minimum Gasteiger partial charge on any atom is -0.315 e. The number of rotatable bonds is 8. The highest BCUT2D eigenvalue weighted by Gasteiger charge is 2.19. The Bertz CT molecular complexity index is 574. The minimum absolute atomic E-state index is 0.200. The van der Waals surface area contributed by atoms with Crippen molar-refractivity contribution < 1.29 is 18.0 Å². The van der Waals surface area contributed by atoms with Crippen LogP contribution in [0.15, 0.2) is 10.6 Å². The van der Waals surface area contributed by atoms with Gasteiger partial charge in [-0.15, -0.1) is 0 Å². The fourth-order valence-corrected chi connectivity index (χ4v) is 2.96. The topological polar surface area (TPSA) is 128 Å². The predicted octanol–water partition coefficient (Wildman–Crippen LogP) is -0.381. The van der Waals surface area contributed by atoms with Crippen LogP contribution in [-0.2, 0) is 19.6 Å². The largest absolute Gasteiger partial charge is 0.315 e. The van der Waals surface area contributed by atoms with Gasteiger partial charge in [0, 0.05) is 18.7 Å². The fraction of sp³-hybridized carbons (Fsp3) is 0.667. The molecular formula is C12H23N5O4S2. The Labute approximate surface area is 140 Å². The molecule has 0 spiro atoms. The quantitative estimate of drug-likeness (QED) is 0.225. The maximum atomic E-state index is 11.7. The Hall–Kier alpha value is -1.30. The van der Waals surface area contributed by atoms with Crippen LogP contribution in [0.4, 0.5) is 0 Å². The van der Waals surface area contributed by atoms with Gasteiger partial charge in [-0.25, -0.2) is 13.1 Å². The predicted molar refractivity (Wildman–Crippen MR) is 88.8 cm³/mol. The molecule has 1 aliphatic rings. The zero-order chi connectivity index (χ0) is 17.5. The van der Waals surface area contributed by atoms with Crippen LogP contribution in [0.25, 0.3) is 0 Å². The first-order chi connectivity index (χ1) is 10.7. The lowest BCUT2D eigenvalue weighted by Crippen LogP contribution is -2.42. The summed E-state index contributed by atoms with van der Waals surface area (Å²) >= 11 is 1.13. The third kappa shape index (κ3) is 6.77. The molecule has 1 aliphatic heterocycles. The molecule has 0 radical (unpaired) electrons. The summed E-state index contributed by atoms with van der Waals surface area (Å²) in [6, 6.07) is 0. The molecule has 0 saturated carbocycles.